The standard InChI is InChI=1S/C19H16ClNO5/c1-23-13-8-12(9-14(10-13)24-2)18-21-16(19(22)26-18)7-11-4-5-17(25-3)15(20)6-11/h4-10H,1-3H3/b16-7+. The van der Waals surface area contributed by atoms with Crippen molar-refractivity contribution in [2.75, 3.05) is 21.3 Å². The van der Waals surface area contributed by atoms with Gasteiger partial charge in [0.25, 0.3) is 0 Å². The number of halogens is 1. The summed E-state index contributed by atoms with van der Waals surface area (Å²) in [6.45, 7) is 0. The van der Waals surface area contributed by atoms with Crippen LogP contribution in [0.1, 0.15) is 11.1 Å². The third-order valence-corrected chi connectivity index (χ3v) is 3.99. The molecule has 1 aliphatic heterocycles. The molecule has 7 heteroatoms. The lowest BCUT2D eigenvalue weighted by atomic mass is 10.2. The summed E-state index contributed by atoms with van der Waals surface area (Å²) in [5, 5.41) is 0.440. The van der Waals surface area contributed by atoms with Crippen LogP contribution in [0.2, 0.25) is 5.02 Å². The molecule has 0 fully saturated rings. The highest BCUT2D eigenvalue weighted by Crippen LogP contribution is 2.28. The lowest BCUT2D eigenvalue weighted by Crippen LogP contribution is -2.06. The number of carbonyl (C=O) groups excluding carboxylic acids is 1. The summed E-state index contributed by atoms with van der Waals surface area (Å²) in [5.41, 5.74) is 1.45. The summed E-state index contributed by atoms with van der Waals surface area (Å²) >= 11 is 6.11. The molecule has 2 aromatic rings. The monoisotopic (exact) mass is 373 g/mol. The van der Waals surface area contributed by atoms with Gasteiger partial charge in [-0.1, -0.05) is 17.7 Å². The lowest BCUT2D eigenvalue weighted by Gasteiger charge is -2.07. The second-order valence-corrected chi connectivity index (χ2v) is 5.74. The van der Waals surface area contributed by atoms with Gasteiger partial charge in [-0.05, 0) is 35.9 Å². The first-order valence-corrected chi connectivity index (χ1v) is 8.01. The van der Waals surface area contributed by atoms with Gasteiger partial charge in [0.2, 0.25) is 5.90 Å². The molecule has 3 rings (SSSR count). The number of nitrogens with zero attached hydrogens (tertiary/aromatic N) is 1. The third-order valence-electron chi connectivity index (χ3n) is 3.70. The van der Waals surface area contributed by atoms with Gasteiger partial charge in [-0.3, -0.25) is 0 Å². The number of carbonyl (C=O) groups is 1. The number of ether oxygens (including phenoxy) is 4. The van der Waals surface area contributed by atoms with E-state index in [1.54, 1.807) is 56.7 Å². The van der Waals surface area contributed by atoms with Crippen molar-refractivity contribution < 1.29 is 23.7 Å². The summed E-state index contributed by atoms with van der Waals surface area (Å²) < 4.78 is 20.8. The number of benzene rings is 2. The topological polar surface area (TPSA) is 66.3 Å². The third kappa shape index (κ3) is 3.65. The highest BCUT2D eigenvalue weighted by molar-refractivity contribution is 6.32. The Hall–Kier alpha value is -2.99. The summed E-state index contributed by atoms with van der Waals surface area (Å²) in [4.78, 5) is 16.4. The first-order valence-electron chi connectivity index (χ1n) is 7.63. The molecule has 0 aromatic heterocycles. The molecule has 1 heterocycles. The molecular weight excluding hydrogens is 358 g/mol. The zero-order valence-electron chi connectivity index (χ0n) is 14.4. The highest BCUT2D eigenvalue weighted by Gasteiger charge is 2.25. The number of hydrogen-bond donors (Lipinski definition) is 0. The number of esters is 1. The van der Waals surface area contributed by atoms with E-state index in [0.717, 1.165) is 0 Å². The number of aliphatic imine (C=N–C) groups is 1. The minimum atomic E-state index is -0.547. The van der Waals surface area contributed by atoms with Crippen LogP contribution >= 0.6 is 11.6 Å². The molecule has 0 N–H and O–H groups in total. The number of methoxy groups -OCH3 is 3. The molecule has 0 spiro atoms. The quantitative estimate of drug-likeness (QED) is 0.590. The zero-order chi connectivity index (χ0) is 18.7. The first-order chi connectivity index (χ1) is 12.5. The predicted octanol–water partition coefficient (Wildman–Crippen LogP) is 3.71. The van der Waals surface area contributed by atoms with E-state index in [1.807, 2.05) is 0 Å². The van der Waals surface area contributed by atoms with E-state index in [1.165, 1.54) is 7.11 Å². The molecule has 0 saturated carbocycles. The Kier molecular flexibility index (Phi) is 5.14. The van der Waals surface area contributed by atoms with Crippen molar-refractivity contribution in [1.29, 1.82) is 0 Å². The Balaban J connectivity index is 1.95. The van der Waals surface area contributed by atoms with E-state index in [-0.39, 0.29) is 11.6 Å². The van der Waals surface area contributed by atoms with E-state index in [4.69, 9.17) is 30.5 Å². The van der Waals surface area contributed by atoms with Crippen molar-refractivity contribution in [2.45, 2.75) is 0 Å². The molecule has 0 atom stereocenters. The van der Waals surface area contributed by atoms with Crippen LogP contribution in [0.5, 0.6) is 17.2 Å². The fourth-order valence-electron chi connectivity index (χ4n) is 2.39. The Bertz CT molecular complexity index is 898. The zero-order valence-corrected chi connectivity index (χ0v) is 15.2. The molecular formula is C19H16ClNO5. The van der Waals surface area contributed by atoms with E-state index < -0.39 is 5.97 Å². The van der Waals surface area contributed by atoms with Crippen LogP contribution in [0.25, 0.3) is 6.08 Å². The van der Waals surface area contributed by atoms with Crippen LogP contribution in [0, 0.1) is 0 Å². The van der Waals surface area contributed by atoms with Gasteiger partial charge in [0.1, 0.15) is 17.2 Å². The van der Waals surface area contributed by atoms with Gasteiger partial charge < -0.3 is 18.9 Å². The van der Waals surface area contributed by atoms with E-state index in [0.29, 0.717) is 33.4 Å². The molecule has 134 valence electrons. The first kappa shape index (κ1) is 17.8. The van der Waals surface area contributed by atoms with Crippen molar-refractivity contribution in [3.8, 4) is 17.2 Å². The minimum absolute atomic E-state index is 0.169. The predicted molar refractivity (Wildman–Crippen MR) is 98.2 cm³/mol. The van der Waals surface area contributed by atoms with Crippen molar-refractivity contribution in [2.24, 2.45) is 4.99 Å². The minimum Gasteiger partial charge on any atom is -0.497 e. The van der Waals surface area contributed by atoms with Crippen LogP contribution in [-0.4, -0.2) is 33.2 Å². The largest absolute Gasteiger partial charge is 0.497 e. The highest BCUT2D eigenvalue weighted by atomic mass is 35.5. The number of rotatable bonds is 5. The Morgan fingerprint density at radius 1 is 1.00 bits per heavy atom. The van der Waals surface area contributed by atoms with Gasteiger partial charge >= 0.3 is 5.97 Å². The number of hydrogen-bond acceptors (Lipinski definition) is 6. The SMILES string of the molecule is COc1cc(OC)cc(C2=N/C(=C/c3ccc(OC)c(Cl)c3)C(=O)O2)c1. The molecule has 0 unspecified atom stereocenters. The van der Waals surface area contributed by atoms with Crippen molar-refractivity contribution in [3.63, 3.8) is 0 Å². The molecule has 0 saturated heterocycles. The summed E-state index contributed by atoms with van der Waals surface area (Å²) in [6.07, 6.45) is 1.60. The maximum absolute atomic E-state index is 12.2. The second kappa shape index (κ2) is 7.49. The van der Waals surface area contributed by atoms with Gasteiger partial charge in [-0.2, -0.15) is 0 Å². The normalized spacial score (nSPS) is 14.8. The van der Waals surface area contributed by atoms with Gasteiger partial charge in [0, 0.05) is 11.6 Å². The van der Waals surface area contributed by atoms with E-state index in [9.17, 15) is 4.79 Å². The molecule has 26 heavy (non-hydrogen) atoms. The smallest absolute Gasteiger partial charge is 0.363 e. The number of cyclic esters (lactones) is 1. The average Bonchev–Trinajstić information content (AvgIpc) is 3.02. The Morgan fingerprint density at radius 2 is 1.69 bits per heavy atom. The van der Waals surface area contributed by atoms with Gasteiger partial charge in [-0.15, -0.1) is 0 Å². The van der Waals surface area contributed by atoms with Crippen LogP contribution in [0.4, 0.5) is 0 Å². The van der Waals surface area contributed by atoms with Crippen molar-refractivity contribution in [3.05, 3.63) is 58.2 Å². The fourth-order valence-corrected chi connectivity index (χ4v) is 2.66. The van der Waals surface area contributed by atoms with Gasteiger partial charge in [-0.25, -0.2) is 9.79 Å². The summed E-state index contributed by atoms with van der Waals surface area (Å²) in [5.74, 6) is 1.32. The van der Waals surface area contributed by atoms with E-state index >= 15 is 0 Å². The van der Waals surface area contributed by atoms with Crippen LogP contribution in [0.3, 0.4) is 0 Å². The molecule has 2 aromatic carbocycles. The Labute approximate surface area is 155 Å². The second-order valence-electron chi connectivity index (χ2n) is 5.33. The maximum atomic E-state index is 12.2. The molecule has 6 nitrogen and oxygen atoms in total. The van der Waals surface area contributed by atoms with Gasteiger partial charge in [0.05, 0.1) is 26.4 Å². The molecule has 0 bridgehead atoms. The lowest BCUT2D eigenvalue weighted by molar-refractivity contribution is -0.129. The summed E-state index contributed by atoms with van der Waals surface area (Å²) in [7, 11) is 4.62. The Morgan fingerprint density at radius 3 is 2.27 bits per heavy atom. The molecule has 0 aliphatic carbocycles. The maximum Gasteiger partial charge on any atom is 0.363 e. The van der Waals surface area contributed by atoms with Crippen LogP contribution < -0.4 is 14.2 Å². The average molecular weight is 374 g/mol. The summed E-state index contributed by atoms with van der Waals surface area (Å²) in [6, 6.07) is 10.3. The molecule has 0 radical (unpaired) electrons. The van der Waals surface area contributed by atoms with Crippen molar-refractivity contribution >= 4 is 29.5 Å². The van der Waals surface area contributed by atoms with Crippen LogP contribution in [-0.2, 0) is 9.53 Å². The molecule has 1 aliphatic rings. The van der Waals surface area contributed by atoms with Crippen LogP contribution in [0.15, 0.2) is 47.1 Å². The van der Waals surface area contributed by atoms with E-state index in [2.05, 4.69) is 4.99 Å². The van der Waals surface area contributed by atoms with Gasteiger partial charge in [0.15, 0.2) is 5.70 Å². The fraction of sp³-hybridized carbons (Fsp3) is 0.158. The van der Waals surface area contributed by atoms with Crippen molar-refractivity contribution in [1.82, 2.24) is 0 Å². The molecule has 0 amide bonds.